The van der Waals surface area contributed by atoms with Crippen LogP contribution < -0.4 is 21.4 Å². The summed E-state index contributed by atoms with van der Waals surface area (Å²) in [5.41, 5.74) is 7.84. The van der Waals surface area contributed by atoms with Crippen LogP contribution in [0.15, 0.2) is 12.1 Å². The molecule has 0 unspecified atom stereocenters. The Morgan fingerprint density at radius 2 is 1.83 bits per heavy atom. The van der Waals surface area contributed by atoms with Gasteiger partial charge >= 0.3 is 13.1 Å². The molecule has 0 amide bonds. The van der Waals surface area contributed by atoms with E-state index in [2.05, 4.69) is 11.0 Å². The second-order valence-corrected chi connectivity index (χ2v) is 6.84. The van der Waals surface area contributed by atoms with Crippen molar-refractivity contribution in [1.29, 1.82) is 0 Å². The maximum absolute atomic E-state index is 12.2. The highest BCUT2D eigenvalue weighted by atomic mass is 16.7. The van der Waals surface area contributed by atoms with Gasteiger partial charge in [0, 0.05) is 7.05 Å². The Morgan fingerprint density at radius 1 is 1.22 bits per heavy atom. The Labute approximate surface area is 136 Å². The minimum Gasteiger partial charge on any atom is -0.465 e. The van der Waals surface area contributed by atoms with Crippen molar-refractivity contribution in [2.24, 2.45) is 0 Å². The molecule has 0 aliphatic carbocycles. The second kappa shape index (κ2) is 5.12. The number of ether oxygens (including phenoxy) is 1. The zero-order valence-corrected chi connectivity index (χ0v) is 14.3. The van der Waals surface area contributed by atoms with Gasteiger partial charge in [0.05, 0.1) is 35.3 Å². The van der Waals surface area contributed by atoms with E-state index in [1.807, 2.05) is 40.8 Å². The zero-order valence-electron chi connectivity index (χ0n) is 14.3. The topological polar surface area (TPSA) is 72.1 Å². The van der Waals surface area contributed by atoms with E-state index in [1.54, 1.807) is 11.1 Å². The van der Waals surface area contributed by atoms with Gasteiger partial charge in [0.2, 0.25) is 0 Å². The highest BCUT2D eigenvalue weighted by molar-refractivity contribution is 6.62. The molecule has 1 saturated heterocycles. The largest absolute Gasteiger partial charge is 0.494 e. The monoisotopic (exact) mass is 319 g/mol. The first kappa shape index (κ1) is 16.1. The Hall–Kier alpha value is -1.77. The smallest absolute Gasteiger partial charge is 0.465 e. The fraction of sp³-hybridized carbons (Fsp3) is 0.533. The van der Waals surface area contributed by atoms with Gasteiger partial charge in [0.25, 0.3) is 0 Å². The molecule has 2 heterocycles. The van der Waals surface area contributed by atoms with E-state index in [9.17, 15) is 4.79 Å². The van der Waals surface area contributed by atoms with Crippen molar-refractivity contribution in [3.05, 3.63) is 17.7 Å². The van der Waals surface area contributed by atoms with Crippen LogP contribution in [0, 0.1) is 0 Å². The van der Waals surface area contributed by atoms with Crippen LogP contribution in [0.3, 0.4) is 0 Å². The lowest BCUT2D eigenvalue weighted by molar-refractivity contribution is 0.00578. The average molecular weight is 319 g/mol. The SMILES string of the molecule is COC(=O)c1cc(B2OC(C)(C)C(C)(C)O2)cc2c1N(C)NN2. The molecule has 1 aromatic rings. The molecule has 0 bridgehead atoms. The summed E-state index contributed by atoms with van der Waals surface area (Å²) in [6.07, 6.45) is 0. The van der Waals surface area contributed by atoms with E-state index in [-0.39, 0.29) is 0 Å². The minimum absolute atomic E-state index is 0.406. The molecule has 2 aliphatic heterocycles. The number of rotatable bonds is 2. The molecule has 0 atom stereocenters. The zero-order chi connectivity index (χ0) is 17.0. The summed E-state index contributed by atoms with van der Waals surface area (Å²) in [7, 11) is 2.65. The highest BCUT2D eigenvalue weighted by Gasteiger charge is 2.52. The molecule has 1 aromatic carbocycles. The van der Waals surface area contributed by atoms with Gasteiger partial charge in [0.1, 0.15) is 0 Å². The molecule has 2 N–H and O–H groups in total. The Balaban J connectivity index is 2.04. The van der Waals surface area contributed by atoms with E-state index in [4.69, 9.17) is 14.0 Å². The minimum atomic E-state index is -0.540. The van der Waals surface area contributed by atoms with Crippen LogP contribution in [0.5, 0.6) is 0 Å². The Morgan fingerprint density at radius 3 is 2.39 bits per heavy atom. The van der Waals surface area contributed by atoms with Crippen molar-refractivity contribution in [2.45, 2.75) is 38.9 Å². The number of nitrogens with zero attached hydrogens (tertiary/aromatic N) is 1. The third-order valence-electron chi connectivity index (χ3n) is 4.76. The van der Waals surface area contributed by atoms with E-state index in [0.29, 0.717) is 5.56 Å². The molecule has 0 saturated carbocycles. The summed E-state index contributed by atoms with van der Waals surface area (Å²) >= 11 is 0. The molecule has 124 valence electrons. The molecule has 2 aliphatic rings. The maximum Gasteiger partial charge on any atom is 0.494 e. The van der Waals surface area contributed by atoms with E-state index in [1.165, 1.54) is 7.11 Å². The normalized spacial score (nSPS) is 21.1. The van der Waals surface area contributed by atoms with Gasteiger partial charge in [0.15, 0.2) is 0 Å². The predicted molar refractivity (Wildman–Crippen MR) is 88.7 cm³/mol. The standard InChI is InChI=1S/C15H22BN3O4/c1-14(2)15(3,4)23-16(22-14)9-7-10(13(20)21-6)12-11(8-9)17-18-19(12)5/h7-8,17-18H,1-6H3. The van der Waals surface area contributed by atoms with Gasteiger partial charge in [-0.2, -0.15) is 0 Å². The number of esters is 1. The first-order chi connectivity index (χ1) is 10.7. The molecule has 8 heteroatoms. The lowest BCUT2D eigenvalue weighted by Gasteiger charge is -2.32. The molecule has 0 spiro atoms. The van der Waals surface area contributed by atoms with Crippen molar-refractivity contribution >= 4 is 29.9 Å². The van der Waals surface area contributed by atoms with Gasteiger partial charge < -0.3 is 19.5 Å². The summed E-state index contributed by atoms with van der Waals surface area (Å²) in [6.45, 7) is 7.98. The van der Waals surface area contributed by atoms with E-state index < -0.39 is 24.3 Å². The molecule has 0 radical (unpaired) electrons. The van der Waals surface area contributed by atoms with Gasteiger partial charge in [-0.1, -0.05) is 0 Å². The Kier molecular flexibility index (Phi) is 3.59. The molecule has 1 fully saturated rings. The fourth-order valence-corrected chi connectivity index (χ4v) is 2.69. The van der Waals surface area contributed by atoms with Crippen LogP contribution in [0.1, 0.15) is 38.1 Å². The number of hydrazine groups is 2. The van der Waals surface area contributed by atoms with Gasteiger partial charge in [-0.3, -0.25) is 5.01 Å². The van der Waals surface area contributed by atoms with Crippen LogP contribution in [-0.2, 0) is 14.0 Å². The quantitative estimate of drug-likeness (QED) is 0.624. The summed E-state index contributed by atoms with van der Waals surface area (Å²) in [5, 5.41) is 1.73. The fourth-order valence-electron chi connectivity index (χ4n) is 2.69. The van der Waals surface area contributed by atoms with Gasteiger partial charge in [-0.05, 0) is 45.3 Å². The molecule has 3 rings (SSSR count). The summed E-state index contributed by atoms with van der Waals surface area (Å²) in [5.74, 6) is -0.406. The third kappa shape index (κ3) is 2.47. The van der Waals surface area contributed by atoms with Gasteiger partial charge in [-0.15, -0.1) is 5.53 Å². The molecule has 23 heavy (non-hydrogen) atoms. The highest BCUT2D eigenvalue weighted by Crippen LogP contribution is 2.38. The van der Waals surface area contributed by atoms with Crippen LogP contribution in [0.4, 0.5) is 11.4 Å². The van der Waals surface area contributed by atoms with Crippen molar-refractivity contribution in [2.75, 3.05) is 24.6 Å². The lowest BCUT2D eigenvalue weighted by atomic mass is 9.77. The number of methoxy groups -OCH3 is 1. The van der Waals surface area contributed by atoms with Crippen molar-refractivity contribution in [3.63, 3.8) is 0 Å². The van der Waals surface area contributed by atoms with Gasteiger partial charge in [-0.25, -0.2) is 4.79 Å². The number of anilines is 2. The van der Waals surface area contributed by atoms with E-state index in [0.717, 1.165) is 16.8 Å². The van der Waals surface area contributed by atoms with Crippen LogP contribution >= 0.6 is 0 Å². The number of nitrogens with one attached hydrogen (secondary N) is 2. The third-order valence-corrected chi connectivity index (χ3v) is 4.76. The first-order valence-corrected chi connectivity index (χ1v) is 7.53. The average Bonchev–Trinajstić information content (AvgIpc) is 2.95. The Bertz CT molecular complexity index is 646. The van der Waals surface area contributed by atoms with Crippen LogP contribution in [0.25, 0.3) is 0 Å². The number of hydrogen-bond donors (Lipinski definition) is 2. The summed E-state index contributed by atoms with van der Waals surface area (Å²) in [4.78, 5) is 12.2. The number of hydrogen-bond acceptors (Lipinski definition) is 7. The molecule has 7 nitrogen and oxygen atoms in total. The second-order valence-electron chi connectivity index (χ2n) is 6.84. The van der Waals surface area contributed by atoms with E-state index >= 15 is 0 Å². The van der Waals surface area contributed by atoms with Crippen molar-refractivity contribution < 1.29 is 18.8 Å². The number of fused-ring (bicyclic) bond motifs is 1. The first-order valence-electron chi connectivity index (χ1n) is 7.53. The number of carbonyl (C=O) groups excluding carboxylic acids is 1. The van der Waals surface area contributed by atoms with Crippen molar-refractivity contribution in [3.8, 4) is 0 Å². The number of benzene rings is 1. The number of carbonyl (C=O) groups is 1. The van der Waals surface area contributed by atoms with Crippen molar-refractivity contribution in [1.82, 2.24) is 5.53 Å². The van der Waals surface area contributed by atoms with Crippen LogP contribution in [-0.4, -0.2) is 38.4 Å². The summed E-state index contributed by atoms with van der Waals surface area (Å²) < 4.78 is 17.0. The molecular weight excluding hydrogens is 297 g/mol. The maximum atomic E-state index is 12.2. The van der Waals surface area contributed by atoms with Crippen LogP contribution in [0.2, 0.25) is 0 Å². The lowest BCUT2D eigenvalue weighted by Crippen LogP contribution is -2.41. The molecular formula is C15H22BN3O4. The predicted octanol–water partition coefficient (Wildman–Crippen LogP) is 1.05. The summed E-state index contributed by atoms with van der Waals surface area (Å²) in [6, 6.07) is 3.68. The molecule has 0 aromatic heterocycles.